The summed E-state index contributed by atoms with van der Waals surface area (Å²) in [5, 5.41) is 3.94. The van der Waals surface area contributed by atoms with E-state index in [4.69, 9.17) is 4.74 Å². The molecule has 0 saturated carbocycles. The molecule has 8 heteroatoms. The van der Waals surface area contributed by atoms with Gasteiger partial charge in [-0.3, -0.25) is 19.2 Å². The van der Waals surface area contributed by atoms with Crippen LogP contribution >= 0.6 is 0 Å². The minimum Gasteiger partial charge on any atom is -0.468 e. The van der Waals surface area contributed by atoms with E-state index < -0.39 is 11.9 Å². The summed E-state index contributed by atoms with van der Waals surface area (Å²) >= 11 is 0. The number of nitrogens with zero attached hydrogens (tertiary/aromatic N) is 1. The van der Waals surface area contributed by atoms with Crippen molar-refractivity contribution in [3.8, 4) is 0 Å². The first-order valence-corrected chi connectivity index (χ1v) is 12.6. The number of carbonyl (C=O) groups is 4. The van der Waals surface area contributed by atoms with Gasteiger partial charge < -0.3 is 10.1 Å². The van der Waals surface area contributed by atoms with E-state index in [2.05, 4.69) is 10.7 Å². The van der Waals surface area contributed by atoms with Gasteiger partial charge in [-0.2, -0.15) is 0 Å². The molecule has 1 heterocycles. The summed E-state index contributed by atoms with van der Waals surface area (Å²) in [6.07, 6.45) is 7.15. The number of nitrogens with one attached hydrogen (secondary N) is 2. The number of benzene rings is 2. The standard InChI is InChI=1S/C28H35N3O5/c1-36-28(35)24(25(32)29-20-21-14-8-7-9-15-21)18-10-5-3-2-4-6-13-19-30-31-26(33)22-16-11-12-17-23(22)27(31)34/h7-9,11-12,14-17,24,30H,2-6,10,13,18-20H2,1H3,(H,29,32). The summed E-state index contributed by atoms with van der Waals surface area (Å²) in [5.74, 6) is -2.17. The summed E-state index contributed by atoms with van der Waals surface area (Å²) in [7, 11) is 1.31. The lowest BCUT2D eigenvalue weighted by molar-refractivity contribution is -0.150. The van der Waals surface area contributed by atoms with Gasteiger partial charge in [-0.1, -0.05) is 81.0 Å². The van der Waals surface area contributed by atoms with E-state index in [-0.39, 0.29) is 17.7 Å². The van der Waals surface area contributed by atoms with Gasteiger partial charge in [0.2, 0.25) is 5.91 Å². The topological polar surface area (TPSA) is 105 Å². The maximum Gasteiger partial charge on any atom is 0.318 e. The highest BCUT2D eigenvalue weighted by atomic mass is 16.5. The molecule has 1 unspecified atom stereocenters. The van der Waals surface area contributed by atoms with E-state index >= 15 is 0 Å². The fourth-order valence-electron chi connectivity index (χ4n) is 4.29. The fraction of sp³-hybridized carbons (Fsp3) is 0.429. The number of hydrogen-bond donors (Lipinski definition) is 2. The zero-order valence-corrected chi connectivity index (χ0v) is 20.8. The Bertz CT molecular complexity index is 1010. The maximum absolute atomic E-state index is 12.5. The molecular weight excluding hydrogens is 458 g/mol. The zero-order valence-electron chi connectivity index (χ0n) is 20.8. The second-order valence-corrected chi connectivity index (χ2v) is 8.94. The minimum absolute atomic E-state index is 0.295. The number of imide groups is 1. The van der Waals surface area contributed by atoms with Crippen LogP contribution in [0.3, 0.4) is 0 Å². The van der Waals surface area contributed by atoms with Gasteiger partial charge in [-0.05, 0) is 30.5 Å². The molecule has 3 rings (SSSR count). The van der Waals surface area contributed by atoms with Crippen LogP contribution in [0, 0.1) is 5.92 Å². The van der Waals surface area contributed by atoms with E-state index in [1.165, 1.54) is 7.11 Å². The molecule has 2 aromatic rings. The van der Waals surface area contributed by atoms with Crippen molar-refractivity contribution in [1.29, 1.82) is 0 Å². The Morgan fingerprint density at radius 2 is 1.36 bits per heavy atom. The number of carbonyl (C=O) groups excluding carboxylic acids is 4. The van der Waals surface area contributed by atoms with Crippen LogP contribution < -0.4 is 10.7 Å². The summed E-state index contributed by atoms with van der Waals surface area (Å²) < 4.78 is 4.84. The number of hydrazine groups is 1. The van der Waals surface area contributed by atoms with Crippen LogP contribution in [0.4, 0.5) is 0 Å². The second-order valence-electron chi connectivity index (χ2n) is 8.94. The molecule has 0 fully saturated rings. The first-order chi connectivity index (χ1) is 17.5. The lowest BCUT2D eigenvalue weighted by Gasteiger charge is -2.15. The molecule has 0 radical (unpaired) electrons. The lowest BCUT2D eigenvalue weighted by Crippen LogP contribution is -2.42. The largest absolute Gasteiger partial charge is 0.468 e. The van der Waals surface area contributed by atoms with Gasteiger partial charge >= 0.3 is 5.97 Å². The van der Waals surface area contributed by atoms with Crippen LogP contribution in [-0.2, 0) is 20.9 Å². The predicted molar refractivity (Wildman–Crippen MR) is 136 cm³/mol. The summed E-state index contributed by atoms with van der Waals surface area (Å²) in [5.41, 5.74) is 4.82. The SMILES string of the molecule is COC(=O)C(CCCCCCCCCNN1C(=O)c2ccccc2C1=O)C(=O)NCc1ccccc1. The molecule has 0 spiro atoms. The number of methoxy groups -OCH3 is 1. The van der Waals surface area contributed by atoms with Crippen LogP contribution in [0.5, 0.6) is 0 Å². The first kappa shape index (κ1) is 27.1. The van der Waals surface area contributed by atoms with Crippen molar-refractivity contribution in [3.05, 3.63) is 71.3 Å². The fourth-order valence-corrected chi connectivity index (χ4v) is 4.29. The summed E-state index contributed by atoms with van der Waals surface area (Å²) in [6, 6.07) is 16.4. The van der Waals surface area contributed by atoms with Crippen molar-refractivity contribution >= 4 is 23.7 Å². The van der Waals surface area contributed by atoms with Gasteiger partial charge in [0, 0.05) is 13.1 Å². The molecule has 1 aliphatic heterocycles. The minimum atomic E-state index is -0.785. The number of rotatable bonds is 15. The predicted octanol–water partition coefficient (Wildman–Crippen LogP) is 4.01. The number of esters is 1. The van der Waals surface area contributed by atoms with Crippen molar-refractivity contribution in [2.75, 3.05) is 13.7 Å². The zero-order chi connectivity index (χ0) is 25.8. The number of fused-ring (bicyclic) bond motifs is 1. The Labute approximate surface area is 212 Å². The summed E-state index contributed by atoms with van der Waals surface area (Å²) in [6.45, 7) is 0.944. The van der Waals surface area contributed by atoms with Crippen molar-refractivity contribution in [3.63, 3.8) is 0 Å². The molecule has 8 nitrogen and oxygen atoms in total. The van der Waals surface area contributed by atoms with Gasteiger partial charge in [0.15, 0.2) is 0 Å². The van der Waals surface area contributed by atoms with E-state index in [0.29, 0.717) is 30.6 Å². The third-order valence-electron chi connectivity index (χ3n) is 6.35. The van der Waals surface area contributed by atoms with E-state index in [9.17, 15) is 19.2 Å². The highest BCUT2D eigenvalue weighted by Crippen LogP contribution is 2.21. The number of amides is 3. The number of unbranched alkanes of at least 4 members (excludes halogenated alkanes) is 6. The molecule has 3 amide bonds. The van der Waals surface area contributed by atoms with Gasteiger partial charge in [0.25, 0.3) is 11.8 Å². The van der Waals surface area contributed by atoms with Gasteiger partial charge in [0.1, 0.15) is 5.92 Å². The molecular formula is C28H35N3O5. The lowest BCUT2D eigenvalue weighted by atomic mass is 9.99. The van der Waals surface area contributed by atoms with Crippen molar-refractivity contribution in [2.24, 2.45) is 5.92 Å². The molecule has 1 aliphatic rings. The molecule has 2 aromatic carbocycles. The Morgan fingerprint density at radius 1 is 0.806 bits per heavy atom. The normalized spacial score (nSPS) is 13.4. The Balaban J connectivity index is 1.25. The highest BCUT2D eigenvalue weighted by molar-refractivity contribution is 6.20. The molecule has 192 valence electrons. The first-order valence-electron chi connectivity index (χ1n) is 12.6. The monoisotopic (exact) mass is 493 g/mol. The molecule has 0 bridgehead atoms. The Morgan fingerprint density at radius 3 is 1.97 bits per heavy atom. The Hall–Kier alpha value is -3.52. The molecule has 0 aromatic heterocycles. The van der Waals surface area contributed by atoms with Crippen LogP contribution in [0.15, 0.2) is 54.6 Å². The molecule has 36 heavy (non-hydrogen) atoms. The quantitative estimate of drug-likeness (QED) is 0.168. The number of hydrogen-bond acceptors (Lipinski definition) is 6. The van der Waals surface area contributed by atoms with Crippen molar-refractivity contribution in [2.45, 2.75) is 57.9 Å². The van der Waals surface area contributed by atoms with E-state index in [1.54, 1.807) is 24.3 Å². The third-order valence-corrected chi connectivity index (χ3v) is 6.35. The smallest absolute Gasteiger partial charge is 0.318 e. The van der Waals surface area contributed by atoms with Crippen molar-refractivity contribution in [1.82, 2.24) is 15.8 Å². The second kappa shape index (κ2) is 14.1. The van der Waals surface area contributed by atoms with Crippen LogP contribution in [0.1, 0.15) is 77.6 Å². The maximum atomic E-state index is 12.5. The van der Waals surface area contributed by atoms with E-state index in [1.807, 2.05) is 30.3 Å². The third kappa shape index (κ3) is 7.49. The molecule has 2 N–H and O–H groups in total. The van der Waals surface area contributed by atoms with Gasteiger partial charge in [-0.15, -0.1) is 0 Å². The summed E-state index contributed by atoms with van der Waals surface area (Å²) in [4.78, 5) is 49.2. The molecule has 0 aliphatic carbocycles. The average molecular weight is 494 g/mol. The van der Waals surface area contributed by atoms with Crippen LogP contribution in [0.25, 0.3) is 0 Å². The van der Waals surface area contributed by atoms with Crippen LogP contribution in [-0.4, -0.2) is 42.4 Å². The van der Waals surface area contributed by atoms with E-state index in [0.717, 1.165) is 55.5 Å². The number of ether oxygens (including phenoxy) is 1. The van der Waals surface area contributed by atoms with Gasteiger partial charge in [-0.25, -0.2) is 10.4 Å². The Kier molecular flexibility index (Phi) is 10.6. The average Bonchev–Trinajstić information content (AvgIpc) is 3.15. The van der Waals surface area contributed by atoms with Crippen LogP contribution in [0.2, 0.25) is 0 Å². The van der Waals surface area contributed by atoms with Gasteiger partial charge in [0.05, 0.1) is 18.2 Å². The molecule has 0 saturated heterocycles. The highest BCUT2D eigenvalue weighted by Gasteiger charge is 2.35. The molecule has 1 atom stereocenters. The van der Waals surface area contributed by atoms with Crippen molar-refractivity contribution < 1.29 is 23.9 Å².